The van der Waals surface area contributed by atoms with E-state index in [-0.39, 0.29) is 42.5 Å². The number of nitrogens with one attached hydrogen (secondary N) is 2. The van der Waals surface area contributed by atoms with Crippen molar-refractivity contribution >= 4 is 55.5 Å². The number of aromatic nitrogens is 3. The minimum atomic E-state index is -3.12. The second-order valence-electron chi connectivity index (χ2n) is 12.4. The van der Waals surface area contributed by atoms with Crippen LogP contribution in [0.25, 0.3) is 10.8 Å². The number of aliphatic hydroxyl groups is 1. The number of anilines is 5. The third-order valence-electron chi connectivity index (χ3n) is 8.54. The van der Waals surface area contributed by atoms with Crippen molar-refractivity contribution in [1.29, 1.82) is 0 Å². The summed E-state index contributed by atoms with van der Waals surface area (Å²) in [6.45, 7) is 12.1. The van der Waals surface area contributed by atoms with Crippen molar-refractivity contribution in [1.82, 2.24) is 15.0 Å². The molecule has 3 N–H and O–H groups in total. The Morgan fingerprint density at radius 2 is 2.02 bits per heavy atom. The molecule has 4 heterocycles. The van der Waals surface area contributed by atoms with E-state index in [0.717, 1.165) is 22.0 Å². The fraction of sp³-hybridized carbons (Fsp3) is 0.484. The van der Waals surface area contributed by atoms with Crippen molar-refractivity contribution in [2.24, 2.45) is 5.92 Å². The van der Waals surface area contributed by atoms with Gasteiger partial charge in [0.1, 0.15) is 21.5 Å². The van der Waals surface area contributed by atoms with E-state index in [9.17, 15) is 22.7 Å². The van der Waals surface area contributed by atoms with E-state index in [2.05, 4.69) is 37.1 Å². The number of nitrogens with zero attached hydrogens (tertiary/aromatic N) is 5. The number of halogens is 1. The van der Waals surface area contributed by atoms with Crippen LogP contribution in [0.4, 0.5) is 33.3 Å². The lowest BCUT2D eigenvalue weighted by molar-refractivity contribution is -0.111. The Labute approximate surface area is 257 Å². The Bertz CT molecular complexity index is 1700. The van der Waals surface area contributed by atoms with Gasteiger partial charge in [-0.15, -0.1) is 0 Å². The second-order valence-corrected chi connectivity index (χ2v) is 14.6. The summed E-state index contributed by atoms with van der Waals surface area (Å²) in [4.78, 5) is 29.9. The molecule has 0 bridgehead atoms. The van der Waals surface area contributed by atoms with Crippen LogP contribution in [-0.2, 0) is 14.6 Å². The lowest BCUT2D eigenvalue weighted by Crippen LogP contribution is -2.57. The minimum Gasteiger partial charge on any atom is -0.390 e. The number of rotatable bonds is 9. The molecule has 0 unspecified atom stereocenters. The molecule has 4 atom stereocenters. The lowest BCUT2D eigenvalue weighted by atomic mass is 9.88. The molecule has 2 fully saturated rings. The molecule has 236 valence electrons. The molecule has 5 rings (SSSR count). The summed E-state index contributed by atoms with van der Waals surface area (Å²) in [5.41, 5.74) is 0.649. The van der Waals surface area contributed by atoms with Gasteiger partial charge in [0.05, 0.1) is 18.4 Å². The monoisotopic (exact) mass is 625 g/mol. The van der Waals surface area contributed by atoms with Crippen molar-refractivity contribution in [3.05, 3.63) is 48.8 Å². The number of sulfone groups is 1. The molecule has 0 aliphatic carbocycles. The smallest absolute Gasteiger partial charge is 0.247 e. The molecule has 13 heteroatoms. The summed E-state index contributed by atoms with van der Waals surface area (Å²) in [6.07, 6.45) is 5.08. The van der Waals surface area contributed by atoms with Crippen LogP contribution in [0.1, 0.15) is 45.6 Å². The van der Waals surface area contributed by atoms with Crippen LogP contribution in [-0.4, -0.2) is 83.8 Å². The number of piperidine rings is 1. The van der Waals surface area contributed by atoms with Crippen molar-refractivity contribution in [2.75, 3.05) is 52.1 Å². The maximum absolute atomic E-state index is 14.8. The first kappa shape index (κ1) is 31.6. The predicted octanol–water partition coefficient (Wildman–Crippen LogP) is 4.18. The Morgan fingerprint density at radius 1 is 1.27 bits per heavy atom. The summed E-state index contributed by atoms with van der Waals surface area (Å²) in [5.74, 6) is 1.14. The average Bonchev–Trinajstić information content (AvgIpc) is 2.95. The number of pyridine rings is 1. The topological polar surface area (TPSA) is 141 Å². The summed E-state index contributed by atoms with van der Waals surface area (Å²) in [6, 6.07) is 5.52. The normalized spacial score (nSPS) is 23.9. The van der Waals surface area contributed by atoms with Gasteiger partial charge in [-0.25, -0.2) is 22.8 Å². The maximum atomic E-state index is 14.8. The zero-order chi connectivity index (χ0) is 32.0. The largest absolute Gasteiger partial charge is 0.390 e. The molecule has 11 nitrogen and oxygen atoms in total. The Kier molecular flexibility index (Phi) is 8.56. The summed E-state index contributed by atoms with van der Waals surface area (Å²) >= 11 is 0. The SMILES string of the molecule is C=CC(=O)Nc1cc(N2C[C@@H](CS(C)(=O)=O)[C@@H]2C)c2cnc(Nc3ccnc(N4CC[C@@H](O)[C@@](C)(F)C4)n3)cc2c1C(C)C. The van der Waals surface area contributed by atoms with Gasteiger partial charge in [-0.1, -0.05) is 20.4 Å². The highest BCUT2D eigenvalue weighted by atomic mass is 32.2. The molecule has 0 spiro atoms. The summed E-state index contributed by atoms with van der Waals surface area (Å²) in [5, 5.41) is 18.0. The number of amides is 1. The quantitative estimate of drug-likeness (QED) is 0.297. The van der Waals surface area contributed by atoms with Crippen LogP contribution in [0, 0.1) is 5.92 Å². The van der Waals surface area contributed by atoms with Gasteiger partial charge in [-0.3, -0.25) is 4.79 Å². The Hall–Kier alpha value is -3.84. The van der Waals surface area contributed by atoms with E-state index in [1.807, 2.05) is 32.9 Å². The standard InChI is InChI=1S/C31H40FN7O4S/c1-7-28(41)35-23-13-24(39-15-20(19(39)4)16-44(6,42)43)22-14-34-27(12-21(22)29(23)18(2)3)36-26-8-10-33-30(37-26)38-11-9-25(40)31(5,32)17-38/h7-8,10,12-14,18-20,25,40H,1,9,11,15-17H2,2-6H3,(H,35,41)(H,33,34,36,37)/t19-,20-,25+,31-/m0/s1. The minimum absolute atomic E-state index is 0.00432. The van der Waals surface area contributed by atoms with E-state index in [1.54, 1.807) is 23.4 Å². The summed E-state index contributed by atoms with van der Waals surface area (Å²) in [7, 11) is -3.12. The highest BCUT2D eigenvalue weighted by Crippen LogP contribution is 2.43. The van der Waals surface area contributed by atoms with Gasteiger partial charge in [0.15, 0.2) is 5.67 Å². The molecule has 2 aromatic heterocycles. The Balaban J connectivity index is 1.52. The van der Waals surface area contributed by atoms with Gasteiger partial charge >= 0.3 is 0 Å². The summed E-state index contributed by atoms with van der Waals surface area (Å²) < 4.78 is 38.8. The fourth-order valence-electron chi connectivity index (χ4n) is 6.13. The average molecular weight is 626 g/mol. The highest BCUT2D eigenvalue weighted by Gasteiger charge is 2.40. The van der Waals surface area contributed by atoms with E-state index < -0.39 is 21.6 Å². The van der Waals surface area contributed by atoms with Crippen molar-refractivity contribution in [3.8, 4) is 0 Å². The van der Waals surface area contributed by atoms with Gasteiger partial charge in [-0.05, 0) is 61.4 Å². The number of carbonyl (C=O) groups is 1. The molecule has 1 aromatic carbocycles. The second kappa shape index (κ2) is 11.9. The van der Waals surface area contributed by atoms with Gasteiger partial charge in [-0.2, -0.15) is 4.98 Å². The molecule has 2 aliphatic rings. The number of aliphatic hydroxyl groups excluding tert-OH is 1. The van der Waals surface area contributed by atoms with Crippen LogP contribution < -0.4 is 20.4 Å². The van der Waals surface area contributed by atoms with E-state index in [0.29, 0.717) is 36.4 Å². The number of fused-ring (bicyclic) bond motifs is 1. The lowest BCUT2D eigenvalue weighted by Gasteiger charge is -2.48. The molecule has 2 aliphatic heterocycles. The van der Waals surface area contributed by atoms with Crippen molar-refractivity contribution < 1.29 is 22.7 Å². The fourth-order valence-corrected chi connectivity index (χ4v) is 7.29. The first-order valence-electron chi connectivity index (χ1n) is 14.7. The molecule has 44 heavy (non-hydrogen) atoms. The van der Waals surface area contributed by atoms with E-state index in [1.165, 1.54) is 19.3 Å². The third kappa shape index (κ3) is 6.48. The Morgan fingerprint density at radius 3 is 2.66 bits per heavy atom. The highest BCUT2D eigenvalue weighted by molar-refractivity contribution is 7.90. The first-order chi connectivity index (χ1) is 20.7. The molecular formula is C31H40FN7O4S. The molecular weight excluding hydrogens is 585 g/mol. The van der Waals surface area contributed by atoms with Crippen LogP contribution >= 0.6 is 0 Å². The first-order valence-corrected chi connectivity index (χ1v) is 16.8. The molecule has 2 saturated heterocycles. The van der Waals surface area contributed by atoms with Crippen molar-refractivity contribution in [2.45, 2.75) is 57.8 Å². The van der Waals surface area contributed by atoms with Gasteiger partial charge in [0, 0.05) is 60.5 Å². The van der Waals surface area contributed by atoms with Gasteiger partial charge in [0.25, 0.3) is 0 Å². The molecule has 3 aromatic rings. The van der Waals surface area contributed by atoms with Crippen LogP contribution in [0.15, 0.2) is 43.2 Å². The maximum Gasteiger partial charge on any atom is 0.247 e. The number of hydrogen-bond donors (Lipinski definition) is 3. The third-order valence-corrected chi connectivity index (χ3v) is 9.58. The molecule has 1 amide bonds. The number of hydrogen-bond acceptors (Lipinski definition) is 10. The number of benzene rings is 1. The van der Waals surface area contributed by atoms with Gasteiger partial charge in [0.2, 0.25) is 11.9 Å². The molecule has 0 saturated carbocycles. The van der Waals surface area contributed by atoms with E-state index in [4.69, 9.17) is 0 Å². The van der Waals surface area contributed by atoms with Gasteiger partial charge < -0.3 is 25.5 Å². The zero-order valence-corrected chi connectivity index (χ0v) is 26.5. The van der Waals surface area contributed by atoms with Crippen LogP contribution in [0.5, 0.6) is 0 Å². The number of carbonyl (C=O) groups excluding carboxylic acids is 1. The molecule has 0 radical (unpaired) electrons. The predicted molar refractivity (Wildman–Crippen MR) is 172 cm³/mol. The van der Waals surface area contributed by atoms with Crippen LogP contribution in [0.3, 0.4) is 0 Å². The van der Waals surface area contributed by atoms with E-state index >= 15 is 0 Å². The van der Waals surface area contributed by atoms with Crippen molar-refractivity contribution in [3.63, 3.8) is 0 Å². The number of alkyl halides is 1. The zero-order valence-electron chi connectivity index (χ0n) is 25.7. The van der Waals surface area contributed by atoms with Crippen LogP contribution in [0.2, 0.25) is 0 Å².